The van der Waals surface area contributed by atoms with Gasteiger partial charge in [-0.3, -0.25) is 4.57 Å². The van der Waals surface area contributed by atoms with Gasteiger partial charge in [0, 0.05) is 17.4 Å². The first-order valence-electron chi connectivity index (χ1n) is 5.70. The lowest BCUT2D eigenvalue weighted by Crippen LogP contribution is -2.31. The molecule has 0 aliphatic heterocycles. The molecular formula is C10H12N4O3P+. The Balaban J connectivity index is 2.12. The summed E-state index contributed by atoms with van der Waals surface area (Å²) in [7, 11) is -2.66. The van der Waals surface area contributed by atoms with E-state index >= 15 is 0 Å². The van der Waals surface area contributed by atoms with E-state index in [0.29, 0.717) is 24.0 Å². The molecule has 2 aromatic rings. The third-order valence-electron chi connectivity index (χ3n) is 3.28. The first-order chi connectivity index (χ1) is 8.71. The number of hydrogen-bond acceptors (Lipinski definition) is 5. The molecule has 94 valence electrons. The van der Waals surface area contributed by atoms with E-state index in [1.165, 1.54) is 6.33 Å². The molecule has 0 bridgehead atoms. The zero-order valence-electron chi connectivity index (χ0n) is 9.56. The highest BCUT2D eigenvalue weighted by atomic mass is 31.1. The lowest BCUT2D eigenvalue weighted by Gasteiger charge is -2.23. The number of aromatic nitrogens is 4. The standard InChI is InChI=1S/C10H11N4O3P/c15-18(16)17-10(3-1-2-4-10)14-7-13-8-5-11-6-12-9(8)14/h5-7H,1-4H2/p+1. The van der Waals surface area contributed by atoms with Crippen molar-refractivity contribution in [2.75, 3.05) is 0 Å². The molecule has 3 rings (SSSR count). The van der Waals surface area contributed by atoms with E-state index in [-0.39, 0.29) is 0 Å². The van der Waals surface area contributed by atoms with Crippen LogP contribution in [0, 0.1) is 0 Å². The van der Waals surface area contributed by atoms with Gasteiger partial charge in [-0.1, -0.05) is 4.52 Å². The van der Waals surface area contributed by atoms with Gasteiger partial charge in [-0.15, -0.1) is 4.89 Å². The van der Waals surface area contributed by atoms with Gasteiger partial charge in [-0.25, -0.2) is 15.0 Å². The summed E-state index contributed by atoms with van der Waals surface area (Å²) in [5, 5.41) is 0. The molecule has 0 spiro atoms. The first-order valence-corrected chi connectivity index (χ1v) is 6.83. The lowest BCUT2D eigenvalue weighted by molar-refractivity contribution is -0.000848. The molecule has 2 aromatic heterocycles. The zero-order valence-corrected chi connectivity index (χ0v) is 10.5. The van der Waals surface area contributed by atoms with Crippen molar-refractivity contribution >= 4 is 19.4 Å². The molecule has 0 aromatic carbocycles. The molecule has 1 unspecified atom stereocenters. The van der Waals surface area contributed by atoms with Crippen LogP contribution in [0.15, 0.2) is 18.9 Å². The summed E-state index contributed by atoms with van der Waals surface area (Å²) >= 11 is 0. The molecule has 2 heterocycles. The van der Waals surface area contributed by atoms with Crippen LogP contribution in [-0.2, 0) is 14.8 Å². The molecule has 1 aliphatic carbocycles. The van der Waals surface area contributed by atoms with Gasteiger partial charge in [0.15, 0.2) is 5.65 Å². The summed E-state index contributed by atoms with van der Waals surface area (Å²) in [4.78, 5) is 21.3. The topological polar surface area (TPSA) is 90.1 Å². The molecule has 1 N–H and O–H groups in total. The van der Waals surface area contributed by atoms with E-state index in [1.54, 1.807) is 17.1 Å². The highest BCUT2D eigenvalue weighted by molar-refractivity contribution is 7.32. The highest BCUT2D eigenvalue weighted by Crippen LogP contribution is 2.44. The van der Waals surface area contributed by atoms with Crippen molar-refractivity contribution < 1.29 is 14.0 Å². The molecule has 18 heavy (non-hydrogen) atoms. The van der Waals surface area contributed by atoms with Crippen LogP contribution >= 0.6 is 8.25 Å². The molecule has 0 radical (unpaired) electrons. The normalized spacial score (nSPS) is 19.3. The number of nitrogens with zero attached hydrogens (tertiary/aromatic N) is 4. The van der Waals surface area contributed by atoms with Gasteiger partial charge in [-0.2, -0.15) is 0 Å². The van der Waals surface area contributed by atoms with Crippen LogP contribution in [-0.4, -0.2) is 24.4 Å². The van der Waals surface area contributed by atoms with Gasteiger partial charge in [0.05, 0.1) is 12.5 Å². The Morgan fingerprint density at radius 3 is 2.89 bits per heavy atom. The molecule has 8 heteroatoms. The summed E-state index contributed by atoms with van der Waals surface area (Å²) in [6.07, 6.45) is 7.92. The van der Waals surface area contributed by atoms with Gasteiger partial charge in [-0.05, 0) is 12.8 Å². The van der Waals surface area contributed by atoms with Crippen molar-refractivity contribution in [3.8, 4) is 0 Å². The van der Waals surface area contributed by atoms with Gasteiger partial charge in [0.25, 0.3) is 0 Å². The van der Waals surface area contributed by atoms with Crippen LogP contribution in [0.4, 0.5) is 0 Å². The van der Waals surface area contributed by atoms with Crippen LogP contribution in [0.25, 0.3) is 11.2 Å². The van der Waals surface area contributed by atoms with Crippen molar-refractivity contribution in [1.29, 1.82) is 0 Å². The molecule has 1 saturated carbocycles. The second-order valence-electron chi connectivity index (χ2n) is 4.33. The lowest BCUT2D eigenvalue weighted by atomic mass is 10.2. The van der Waals surface area contributed by atoms with Gasteiger partial charge >= 0.3 is 8.25 Å². The number of fused-ring (bicyclic) bond motifs is 1. The summed E-state index contributed by atoms with van der Waals surface area (Å²) < 4.78 is 18.1. The van der Waals surface area contributed by atoms with E-state index < -0.39 is 14.0 Å². The Morgan fingerprint density at radius 2 is 2.17 bits per heavy atom. The third kappa shape index (κ3) is 1.80. The van der Waals surface area contributed by atoms with Crippen LogP contribution in [0.2, 0.25) is 0 Å². The Morgan fingerprint density at radius 1 is 1.39 bits per heavy atom. The van der Waals surface area contributed by atoms with E-state index in [9.17, 15) is 4.57 Å². The minimum Gasteiger partial charge on any atom is -0.281 e. The number of rotatable bonds is 3. The minimum absolute atomic E-state index is 0.628. The molecular weight excluding hydrogens is 255 g/mol. The molecule has 1 atom stereocenters. The average Bonchev–Trinajstić information content (AvgIpc) is 2.94. The summed E-state index contributed by atoms with van der Waals surface area (Å²) in [6, 6.07) is 0. The predicted molar refractivity (Wildman–Crippen MR) is 62.7 cm³/mol. The van der Waals surface area contributed by atoms with Crippen molar-refractivity contribution in [1.82, 2.24) is 19.5 Å². The Bertz CT molecular complexity index is 594. The van der Waals surface area contributed by atoms with Gasteiger partial charge < -0.3 is 0 Å². The Kier molecular flexibility index (Phi) is 2.81. The smallest absolute Gasteiger partial charge is 0.281 e. The second-order valence-corrected chi connectivity index (χ2v) is 4.99. The van der Waals surface area contributed by atoms with E-state index in [4.69, 9.17) is 9.42 Å². The van der Waals surface area contributed by atoms with Crippen molar-refractivity contribution in [2.45, 2.75) is 31.4 Å². The van der Waals surface area contributed by atoms with Gasteiger partial charge in [0.2, 0.25) is 5.72 Å². The molecule has 1 fully saturated rings. The zero-order chi connectivity index (χ0) is 12.6. The van der Waals surface area contributed by atoms with Crippen LogP contribution in [0.3, 0.4) is 0 Å². The van der Waals surface area contributed by atoms with Crippen LogP contribution in [0.1, 0.15) is 25.7 Å². The average molecular weight is 267 g/mol. The molecule has 7 nitrogen and oxygen atoms in total. The van der Waals surface area contributed by atoms with E-state index in [1.807, 2.05) is 0 Å². The highest BCUT2D eigenvalue weighted by Gasteiger charge is 2.45. The summed E-state index contributed by atoms with van der Waals surface area (Å²) in [5.74, 6) is 0. The maximum atomic E-state index is 11.1. The Labute approximate surface area is 104 Å². The summed E-state index contributed by atoms with van der Waals surface area (Å²) in [5.41, 5.74) is 0.481. The van der Waals surface area contributed by atoms with Crippen molar-refractivity contribution in [3.63, 3.8) is 0 Å². The number of hydrogen-bond donors (Lipinski definition) is 1. The molecule has 1 aliphatic rings. The quantitative estimate of drug-likeness (QED) is 0.851. The second kappa shape index (κ2) is 4.35. The fourth-order valence-corrected chi connectivity index (χ4v) is 3.08. The predicted octanol–water partition coefficient (Wildman–Crippen LogP) is 1.72. The SMILES string of the molecule is O=[P+](O)OC1(n2cnc3cncnc32)CCCC1. The van der Waals surface area contributed by atoms with Crippen molar-refractivity contribution in [3.05, 3.63) is 18.9 Å². The molecule has 0 amide bonds. The summed E-state index contributed by atoms with van der Waals surface area (Å²) in [6.45, 7) is 0. The third-order valence-corrected chi connectivity index (χ3v) is 3.78. The largest absolute Gasteiger partial charge is 0.697 e. The Hall–Kier alpha value is -1.43. The van der Waals surface area contributed by atoms with Crippen LogP contribution < -0.4 is 0 Å². The number of imidazole rings is 1. The van der Waals surface area contributed by atoms with E-state index in [0.717, 1.165) is 12.8 Å². The fraction of sp³-hybridized carbons (Fsp3) is 0.500. The van der Waals surface area contributed by atoms with Gasteiger partial charge in [0.1, 0.15) is 11.8 Å². The van der Waals surface area contributed by atoms with Crippen molar-refractivity contribution in [2.24, 2.45) is 0 Å². The fourth-order valence-electron chi connectivity index (χ4n) is 2.51. The minimum atomic E-state index is -2.66. The monoisotopic (exact) mass is 267 g/mol. The first kappa shape index (κ1) is 11.6. The maximum Gasteiger partial charge on any atom is 0.697 e. The van der Waals surface area contributed by atoms with Crippen LogP contribution in [0.5, 0.6) is 0 Å². The maximum absolute atomic E-state index is 11.1. The molecule has 0 saturated heterocycles. The van der Waals surface area contributed by atoms with E-state index in [2.05, 4.69) is 15.0 Å².